The summed E-state index contributed by atoms with van der Waals surface area (Å²) >= 11 is 0. The van der Waals surface area contributed by atoms with Crippen LogP contribution in [0.15, 0.2) is 41.0 Å². The minimum absolute atomic E-state index is 0.0468. The van der Waals surface area contributed by atoms with Gasteiger partial charge in [-0.05, 0) is 18.2 Å². The number of hydrogen-bond donors (Lipinski definition) is 2. The molecule has 0 aliphatic carbocycles. The maximum Gasteiger partial charge on any atom is 0.222 e. The fraction of sp³-hybridized carbons (Fsp3) is 0.0667. The summed E-state index contributed by atoms with van der Waals surface area (Å²) in [5.41, 5.74) is 13.1. The third-order valence-corrected chi connectivity index (χ3v) is 3.56. The number of nitrogens with two attached hydrogens (primary N) is 2. The molecular formula is C15H12FN7O. The number of benzene rings is 1. The Labute approximate surface area is 134 Å². The van der Waals surface area contributed by atoms with E-state index >= 15 is 0 Å². The van der Waals surface area contributed by atoms with Crippen molar-refractivity contribution >= 4 is 22.8 Å². The molecule has 4 N–H and O–H groups in total. The zero-order valence-corrected chi connectivity index (χ0v) is 12.3. The highest BCUT2D eigenvalue weighted by molar-refractivity contribution is 5.85. The van der Waals surface area contributed by atoms with Gasteiger partial charge in [-0.2, -0.15) is 4.98 Å². The molecule has 0 radical (unpaired) electrons. The Bertz CT molecular complexity index is 1030. The van der Waals surface area contributed by atoms with Gasteiger partial charge in [0.1, 0.15) is 5.69 Å². The molecule has 4 rings (SSSR count). The minimum Gasteiger partial charge on any atom is -0.463 e. The summed E-state index contributed by atoms with van der Waals surface area (Å²) < 4.78 is 20.9. The van der Waals surface area contributed by atoms with Crippen molar-refractivity contribution in [2.75, 3.05) is 11.5 Å². The van der Waals surface area contributed by atoms with Crippen molar-refractivity contribution in [3.63, 3.8) is 0 Å². The summed E-state index contributed by atoms with van der Waals surface area (Å²) in [5, 5.41) is 8.12. The fourth-order valence-corrected chi connectivity index (χ4v) is 2.45. The molecule has 0 aliphatic rings. The van der Waals surface area contributed by atoms with Crippen LogP contribution in [-0.4, -0.2) is 25.0 Å². The van der Waals surface area contributed by atoms with E-state index in [1.54, 1.807) is 24.3 Å². The molecule has 3 heterocycles. The lowest BCUT2D eigenvalue weighted by atomic mass is 10.2. The summed E-state index contributed by atoms with van der Waals surface area (Å²) in [6.07, 6.45) is 1.52. The Hall–Kier alpha value is -3.49. The number of hydrogen-bond acceptors (Lipinski definition) is 7. The lowest BCUT2D eigenvalue weighted by Gasteiger charge is -2.06. The highest BCUT2D eigenvalue weighted by Crippen LogP contribution is 2.26. The van der Waals surface area contributed by atoms with Crippen molar-refractivity contribution < 1.29 is 8.81 Å². The van der Waals surface area contributed by atoms with Crippen molar-refractivity contribution in [1.82, 2.24) is 25.0 Å². The zero-order valence-electron chi connectivity index (χ0n) is 12.3. The first-order valence-corrected chi connectivity index (χ1v) is 7.07. The van der Waals surface area contributed by atoms with Crippen LogP contribution in [0.5, 0.6) is 0 Å². The maximum absolute atomic E-state index is 14.1. The highest BCUT2D eigenvalue weighted by Gasteiger charge is 2.18. The molecule has 120 valence electrons. The van der Waals surface area contributed by atoms with Gasteiger partial charge in [0.25, 0.3) is 0 Å². The van der Waals surface area contributed by atoms with E-state index in [2.05, 4.69) is 20.3 Å². The van der Waals surface area contributed by atoms with Gasteiger partial charge >= 0.3 is 0 Å². The Morgan fingerprint density at radius 3 is 2.79 bits per heavy atom. The fourth-order valence-electron chi connectivity index (χ4n) is 2.45. The van der Waals surface area contributed by atoms with Crippen molar-refractivity contribution in [2.24, 2.45) is 0 Å². The molecule has 4 aromatic rings. The topological polar surface area (TPSA) is 122 Å². The average molecular weight is 325 g/mol. The van der Waals surface area contributed by atoms with Crippen LogP contribution >= 0.6 is 0 Å². The van der Waals surface area contributed by atoms with Crippen LogP contribution in [-0.2, 0) is 6.54 Å². The van der Waals surface area contributed by atoms with Crippen molar-refractivity contribution in [3.8, 4) is 11.5 Å². The summed E-state index contributed by atoms with van der Waals surface area (Å²) in [6.45, 7) is 0.113. The first-order chi connectivity index (χ1) is 11.6. The molecule has 1 aromatic carbocycles. The lowest BCUT2D eigenvalue weighted by Crippen LogP contribution is -2.07. The molecule has 0 amide bonds. The Kier molecular flexibility index (Phi) is 3.12. The zero-order chi connectivity index (χ0) is 16.7. The van der Waals surface area contributed by atoms with E-state index in [1.165, 1.54) is 17.0 Å². The van der Waals surface area contributed by atoms with Gasteiger partial charge in [0.2, 0.25) is 5.95 Å². The summed E-state index contributed by atoms with van der Waals surface area (Å²) in [7, 11) is 0. The predicted molar refractivity (Wildman–Crippen MR) is 85.1 cm³/mol. The smallest absolute Gasteiger partial charge is 0.222 e. The van der Waals surface area contributed by atoms with E-state index in [-0.39, 0.29) is 18.2 Å². The van der Waals surface area contributed by atoms with E-state index in [1.807, 2.05) is 0 Å². The Morgan fingerprint density at radius 1 is 1.12 bits per heavy atom. The highest BCUT2D eigenvalue weighted by atomic mass is 19.1. The Morgan fingerprint density at radius 2 is 2.00 bits per heavy atom. The van der Waals surface area contributed by atoms with E-state index < -0.39 is 5.82 Å². The van der Waals surface area contributed by atoms with Crippen LogP contribution < -0.4 is 11.5 Å². The van der Waals surface area contributed by atoms with Gasteiger partial charge < -0.3 is 15.9 Å². The van der Waals surface area contributed by atoms with Crippen LogP contribution in [0.2, 0.25) is 0 Å². The van der Waals surface area contributed by atoms with Gasteiger partial charge in [-0.15, -0.1) is 5.10 Å². The standard InChI is InChI=1S/C15H12FN7O/c16-11-8(3-1-4-9(11)17)7-23-14-13(21-22-23)12(19-15(18)20-14)10-5-2-6-24-10/h1-6H,7,17H2,(H2,18,19,20). The molecule has 0 unspecified atom stereocenters. The van der Waals surface area contributed by atoms with Crippen LogP contribution in [0.1, 0.15) is 5.56 Å². The van der Waals surface area contributed by atoms with Crippen LogP contribution in [0.25, 0.3) is 22.6 Å². The van der Waals surface area contributed by atoms with Gasteiger partial charge in [0.15, 0.2) is 22.7 Å². The van der Waals surface area contributed by atoms with E-state index in [0.29, 0.717) is 28.2 Å². The van der Waals surface area contributed by atoms with Gasteiger partial charge in [-0.1, -0.05) is 17.3 Å². The predicted octanol–water partition coefficient (Wildman–Crippen LogP) is 1.83. The normalized spacial score (nSPS) is 11.2. The molecule has 0 aliphatic heterocycles. The number of nitrogens with zero attached hydrogens (tertiary/aromatic N) is 5. The molecule has 0 fully saturated rings. The molecule has 3 aromatic heterocycles. The molecule has 0 bridgehead atoms. The quantitative estimate of drug-likeness (QED) is 0.551. The van der Waals surface area contributed by atoms with Crippen molar-refractivity contribution in [2.45, 2.75) is 6.54 Å². The molecular weight excluding hydrogens is 313 g/mol. The Balaban J connectivity index is 1.85. The average Bonchev–Trinajstić information content (AvgIpc) is 3.21. The first-order valence-electron chi connectivity index (χ1n) is 7.07. The molecule has 0 atom stereocenters. The number of rotatable bonds is 3. The van der Waals surface area contributed by atoms with Crippen LogP contribution in [0.4, 0.5) is 16.0 Å². The largest absolute Gasteiger partial charge is 0.463 e. The molecule has 0 spiro atoms. The third-order valence-electron chi connectivity index (χ3n) is 3.56. The van der Waals surface area contributed by atoms with Crippen molar-refractivity contribution in [1.29, 1.82) is 0 Å². The van der Waals surface area contributed by atoms with Crippen molar-refractivity contribution in [3.05, 3.63) is 48.0 Å². The van der Waals surface area contributed by atoms with Gasteiger partial charge in [-0.3, -0.25) is 0 Å². The molecule has 8 nitrogen and oxygen atoms in total. The van der Waals surface area contributed by atoms with Crippen LogP contribution in [0.3, 0.4) is 0 Å². The minimum atomic E-state index is -0.491. The molecule has 24 heavy (non-hydrogen) atoms. The summed E-state index contributed by atoms with van der Waals surface area (Å²) in [5.74, 6) is 0.0521. The summed E-state index contributed by atoms with van der Waals surface area (Å²) in [4.78, 5) is 8.32. The number of aromatic nitrogens is 5. The van der Waals surface area contributed by atoms with Gasteiger partial charge in [-0.25, -0.2) is 14.1 Å². The van der Waals surface area contributed by atoms with E-state index in [9.17, 15) is 4.39 Å². The maximum atomic E-state index is 14.1. The lowest BCUT2D eigenvalue weighted by molar-refractivity contribution is 0.580. The second-order valence-electron chi connectivity index (χ2n) is 5.15. The summed E-state index contributed by atoms with van der Waals surface area (Å²) in [6, 6.07) is 8.25. The van der Waals surface area contributed by atoms with E-state index in [4.69, 9.17) is 15.9 Å². The van der Waals surface area contributed by atoms with Crippen LogP contribution in [0, 0.1) is 5.82 Å². The number of furan rings is 1. The monoisotopic (exact) mass is 325 g/mol. The van der Waals surface area contributed by atoms with E-state index in [0.717, 1.165) is 0 Å². The SMILES string of the molecule is Nc1nc(-c2ccco2)c2nnn(Cc3cccc(N)c3F)c2n1. The second-order valence-corrected chi connectivity index (χ2v) is 5.15. The number of halogens is 1. The number of fused-ring (bicyclic) bond motifs is 1. The molecule has 0 saturated carbocycles. The molecule has 0 saturated heterocycles. The first kappa shape index (κ1) is 14.1. The number of anilines is 2. The number of nitrogen functional groups attached to an aromatic ring is 2. The third kappa shape index (κ3) is 2.22. The molecule has 9 heteroatoms. The second kappa shape index (κ2) is 5.30. The van der Waals surface area contributed by atoms with Gasteiger partial charge in [0, 0.05) is 5.56 Å². The van der Waals surface area contributed by atoms with Gasteiger partial charge in [0.05, 0.1) is 18.5 Å².